The third kappa shape index (κ3) is 4.29. The second-order valence-corrected chi connectivity index (χ2v) is 5.13. The Hall–Kier alpha value is -2.40. The van der Waals surface area contributed by atoms with E-state index in [-0.39, 0.29) is 5.91 Å². The first-order valence-electron chi connectivity index (χ1n) is 6.51. The molecule has 0 fully saturated rings. The highest BCUT2D eigenvalue weighted by Gasteiger charge is 2.08. The lowest BCUT2D eigenvalue weighted by atomic mass is 10.2. The molecule has 4 nitrogen and oxygen atoms in total. The van der Waals surface area contributed by atoms with Gasteiger partial charge < -0.3 is 15.5 Å². The molecule has 0 aromatic heterocycles. The summed E-state index contributed by atoms with van der Waals surface area (Å²) in [6.45, 7) is 0. The predicted molar refractivity (Wildman–Crippen MR) is 90.7 cm³/mol. The largest absolute Gasteiger partial charge is 0.345 e. The normalized spacial score (nSPS) is 9.81. The molecule has 0 aliphatic heterocycles. The summed E-state index contributed by atoms with van der Waals surface area (Å²) in [4.78, 5) is 13.5. The Kier molecular flexibility index (Phi) is 4.90. The van der Waals surface area contributed by atoms with Crippen LogP contribution in [0.4, 0.5) is 11.4 Å². The molecule has 0 radical (unpaired) electrons. The minimum absolute atomic E-state index is 0.0411. The van der Waals surface area contributed by atoms with Crippen LogP contribution in [0.1, 0.15) is 10.4 Å². The molecule has 108 valence electrons. The highest BCUT2D eigenvalue weighted by molar-refractivity contribution is 7.80. The summed E-state index contributed by atoms with van der Waals surface area (Å²) < 4.78 is 0. The van der Waals surface area contributed by atoms with Crippen LogP contribution < -0.4 is 10.6 Å². The molecular weight excluding hydrogens is 282 g/mol. The number of hydrogen-bond donors (Lipinski definition) is 2. The van der Waals surface area contributed by atoms with Gasteiger partial charge >= 0.3 is 0 Å². The average Bonchev–Trinajstić information content (AvgIpc) is 2.47. The Balaban J connectivity index is 2.04. The fourth-order valence-corrected chi connectivity index (χ4v) is 2.04. The Morgan fingerprint density at radius 2 is 1.57 bits per heavy atom. The number of benzene rings is 2. The van der Waals surface area contributed by atoms with Crippen LogP contribution in [0.5, 0.6) is 0 Å². The van der Waals surface area contributed by atoms with Gasteiger partial charge in [-0.2, -0.15) is 0 Å². The minimum atomic E-state index is -0.0411. The standard InChI is InChI=1S/C16H17N3OS/c1-19(2)15(20)12-7-6-10-14(11-12)18-16(21)17-13-8-4-3-5-9-13/h3-11H,1-2H3,(H2,17,18,21). The first kappa shape index (κ1) is 15.0. The van der Waals surface area contributed by atoms with Crippen molar-refractivity contribution in [1.29, 1.82) is 0 Å². The Morgan fingerprint density at radius 1 is 0.952 bits per heavy atom. The Labute approximate surface area is 129 Å². The van der Waals surface area contributed by atoms with Gasteiger partial charge in [0.05, 0.1) is 0 Å². The molecule has 5 heteroatoms. The molecular formula is C16H17N3OS. The molecule has 1 amide bonds. The van der Waals surface area contributed by atoms with Crippen LogP contribution in [0.3, 0.4) is 0 Å². The lowest BCUT2D eigenvalue weighted by Gasteiger charge is -2.13. The van der Waals surface area contributed by atoms with E-state index in [1.54, 1.807) is 31.1 Å². The monoisotopic (exact) mass is 299 g/mol. The molecule has 0 saturated carbocycles. The molecule has 0 aliphatic carbocycles. The van der Waals surface area contributed by atoms with Crippen LogP contribution in [0.15, 0.2) is 54.6 Å². The molecule has 0 saturated heterocycles. The maximum atomic E-state index is 11.9. The van der Waals surface area contributed by atoms with Crippen LogP contribution in [0, 0.1) is 0 Å². The number of rotatable bonds is 3. The zero-order chi connectivity index (χ0) is 15.2. The summed E-state index contributed by atoms with van der Waals surface area (Å²) in [5.41, 5.74) is 2.30. The van der Waals surface area contributed by atoms with Gasteiger partial charge in [0, 0.05) is 31.0 Å². The second kappa shape index (κ2) is 6.85. The molecule has 2 aromatic rings. The predicted octanol–water partition coefficient (Wildman–Crippen LogP) is 3.20. The van der Waals surface area contributed by atoms with Crippen LogP contribution in [0.2, 0.25) is 0 Å². The summed E-state index contributed by atoms with van der Waals surface area (Å²) in [5.74, 6) is -0.0411. The summed E-state index contributed by atoms with van der Waals surface area (Å²) >= 11 is 5.26. The van der Waals surface area contributed by atoms with E-state index in [4.69, 9.17) is 12.2 Å². The molecule has 0 heterocycles. The van der Waals surface area contributed by atoms with Gasteiger partial charge in [0.15, 0.2) is 5.11 Å². The van der Waals surface area contributed by atoms with E-state index in [1.807, 2.05) is 42.5 Å². The van der Waals surface area contributed by atoms with Gasteiger partial charge in [-0.15, -0.1) is 0 Å². The smallest absolute Gasteiger partial charge is 0.253 e. The van der Waals surface area contributed by atoms with Crippen LogP contribution in [0.25, 0.3) is 0 Å². The third-order valence-corrected chi connectivity index (χ3v) is 3.01. The third-order valence-electron chi connectivity index (χ3n) is 2.81. The molecule has 21 heavy (non-hydrogen) atoms. The zero-order valence-corrected chi connectivity index (χ0v) is 12.8. The maximum absolute atomic E-state index is 11.9. The molecule has 2 N–H and O–H groups in total. The lowest BCUT2D eigenvalue weighted by molar-refractivity contribution is 0.0827. The number of hydrogen-bond acceptors (Lipinski definition) is 2. The molecule has 0 bridgehead atoms. The number of para-hydroxylation sites is 1. The molecule has 2 rings (SSSR count). The molecule has 0 spiro atoms. The second-order valence-electron chi connectivity index (χ2n) is 4.73. The summed E-state index contributed by atoms with van der Waals surface area (Å²) in [5, 5.41) is 6.64. The highest BCUT2D eigenvalue weighted by atomic mass is 32.1. The van der Waals surface area contributed by atoms with Gasteiger partial charge in [0.2, 0.25) is 0 Å². The lowest BCUT2D eigenvalue weighted by Crippen LogP contribution is -2.22. The van der Waals surface area contributed by atoms with E-state index in [2.05, 4.69) is 10.6 Å². The summed E-state index contributed by atoms with van der Waals surface area (Å²) in [7, 11) is 3.45. The van der Waals surface area contributed by atoms with E-state index in [0.717, 1.165) is 11.4 Å². The van der Waals surface area contributed by atoms with Gasteiger partial charge in [-0.25, -0.2) is 0 Å². The number of carbonyl (C=O) groups excluding carboxylic acids is 1. The van der Waals surface area contributed by atoms with Crippen molar-refractivity contribution in [1.82, 2.24) is 4.90 Å². The molecule has 0 aliphatic rings. The van der Waals surface area contributed by atoms with Crippen LogP contribution in [-0.4, -0.2) is 30.0 Å². The number of amides is 1. The van der Waals surface area contributed by atoms with E-state index >= 15 is 0 Å². The van der Waals surface area contributed by atoms with E-state index < -0.39 is 0 Å². The average molecular weight is 299 g/mol. The van der Waals surface area contributed by atoms with Crippen molar-refractivity contribution in [2.45, 2.75) is 0 Å². The molecule has 0 atom stereocenters. The molecule has 0 unspecified atom stereocenters. The van der Waals surface area contributed by atoms with E-state index in [1.165, 1.54) is 0 Å². The SMILES string of the molecule is CN(C)C(=O)c1cccc(NC(=S)Nc2ccccc2)c1. The highest BCUT2D eigenvalue weighted by Crippen LogP contribution is 2.13. The van der Waals surface area contributed by atoms with Crippen molar-refractivity contribution in [3.63, 3.8) is 0 Å². The number of nitrogens with one attached hydrogen (secondary N) is 2. The number of anilines is 2. The van der Waals surface area contributed by atoms with Gasteiger partial charge in [-0.3, -0.25) is 4.79 Å². The maximum Gasteiger partial charge on any atom is 0.253 e. The van der Waals surface area contributed by atoms with Gasteiger partial charge in [-0.1, -0.05) is 24.3 Å². The zero-order valence-electron chi connectivity index (χ0n) is 12.0. The van der Waals surface area contributed by atoms with Crippen molar-refractivity contribution in [3.05, 3.63) is 60.2 Å². The molecule has 2 aromatic carbocycles. The first-order chi connectivity index (χ1) is 10.1. The fraction of sp³-hybridized carbons (Fsp3) is 0.125. The van der Waals surface area contributed by atoms with E-state index in [0.29, 0.717) is 10.7 Å². The van der Waals surface area contributed by atoms with Crippen molar-refractivity contribution in [2.24, 2.45) is 0 Å². The Morgan fingerprint density at radius 3 is 2.24 bits per heavy atom. The first-order valence-corrected chi connectivity index (χ1v) is 6.92. The van der Waals surface area contributed by atoms with Gasteiger partial charge in [0.1, 0.15) is 0 Å². The van der Waals surface area contributed by atoms with Gasteiger partial charge in [0.25, 0.3) is 5.91 Å². The number of thiocarbonyl (C=S) groups is 1. The van der Waals surface area contributed by atoms with E-state index in [9.17, 15) is 4.79 Å². The quantitative estimate of drug-likeness (QED) is 0.854. The summed E-state index contributed by atoms with van der Waals surface area (Å²) in [6.07, 6.45) is 0. The number of carbonyl (C=O) groups is 1. The number of nitrogens with zero attached hydrogens (tertiary/aromatic N) is 1. The van der Waals surface area contributed by atoms with Crippen LogP contribution in [-0.2, 0) is 0 Å². The minimum Gasteiger partial charge on any atom is -0.345 e. The topological polar surface area (TPSA) is 44.4 Å². The van der Waals surface area contributed by atoms with Crippen LogP contribution >= 0.6 is 12.2 Å². The fourth-order valence-electron chi connectivity index (χ4n) is 1.80. The summed E-state index contributed by atoms with van der Waals surface area (Å²) in [6, 6.07) is 16.9. The van der Waals surface area contributed by atoms with Crippen molar-refractivity contribution < 1.29 is 4.79 Å². The Bertz CT molecular complexity index is 641. The van der Waals surface area contributed by atoms with Crippen molar-refractivity contribution in [3.8, 4) is 0 Å². The van der Waals surface area contributed by atoms with Gasteiger partial charge in [-0.05, 0) is 42.5 Å². The van der Waals surface area contributed by atoms with Crippen molar-refractivity contribution >= 4 is 34.6 Å². The van der Waals surface area contributed by atoms with Crippen molar-refractivity contribution in [2.75, 3.05) is 24.7 Å².